The maximum Gasteiger partial charge on any atom is 0.255 e. The smallest absolute Gasteiger partial charge is 0.255 e. The van der Waals surface area contributed by atoms with Gasteiger partial charge in [0, 0.05) is 5.56 Å². The van der Waals surface area contributed by atoms with Crippen LogP contribution < -0.4 is 10.1 Å². The number of ether oxygens (including phenoxy) is 1. The van der Waals surface area contributed by atoms with Crippen LogP contribution in [0.2, 0.25) is 10.0 Å². The van der Waals surface area contributed by atoms with E-state index in [1.807, 2.05) is 6.92 Å². The SMILES string of the molecule is CCC(C)Oc1ccc(C(=O)Nc2c(Cl)cccc2Cl)cc1. The molecule has 0 aliphatic carbocycles. The first-order chi connectivity index (χ1) is 10.5. The zero-order valence-corrected chi connectivity index (χ0v) is 13.9. The van der Waals surface area contributed by atoms with Crippen LogP contribution in [0.15, 0.2) is 42.5 Å². The topological polar surface area (TPSA) is 38.3 Å². The molecule has 2 aromatic rings. The fraction of sp³-hybridized carbons (Fsp3) is 0.235. The quantitative estimate of drug-likeness (QED) is 0.790. The van der Waals surface area contributed by atoms with Gasteiger partial charge in [0.05, 0.1) is 21.8 Å². The monoisotopic (exact) mass is 337 g/mol. The number of para-hydroxylation sites is 1. The molecule has 0 bridgehead atoms. The molecular weight excluding hydrogens is 321 g/mol. The van der Waals surface area contributed by atoms with Crippen LogP contribution in [0.4, 0.5) is 5.69 Å². The van der Waals surface area contributed by atoms with Crippen molar-refractivity contribution in [2.45, 2.75) is 26.4 Å². The van der Waals surface area contributed by atoms with E-state index in [-0.39, 0.29) is 12.0 Å². The first-order valence-electron chi connectivity index (χ1n) is 7.03. The van der Waals surface area contributed by atoms with Crippen LogP contribution >= 0.6 is 23.2 Å². The van der Waals surface area contributed by atoms with E-state index in [4.69, 9.17) is 27.9 Å². The number of nitrogens with one attached hydrogen (secondary N) is 1. The van der Waals surface area contributed by atoms with E-state index in [1.165, 1.54) is 0 Å². The summed E-state index contributed by atoms with van der Waals surface area (Å²) in [6, 6.07) is 12.0. The molecule has 0 saturated carbocycles. The maximum atomic E-state index is 12.2. The van der Waals surface area contributed by atoms with Crippen LogP contribution in [-0.2, 0) is 0 Å². The van der Waals surface area contributed by atoms with Crippen LogP contribution in [-0.4, -0.2) is 12.0 Å². The van der Waals surface area contributed by atoms with E-state index < -0.39 is 0 Å². The highest BCUT2D eigenvalue weighted by Gasteiger charge is 2.11. The molecule has 0 fully saturated rings. The molecule has 1 atom stereocenters. The molecule has 5 heteroatoms. The average Bonchev–Trinajstić information content (AvgIpc) is 2.51. The number of rotatable bonds is 5. The Morgan fingerprint density at radius 3 is 2.27 bits per heavy atom. The zero-order valence-electron chi connectivity index (χ0n) is 12.4. The molecule has 0 saturated heterocycles. The van der Waals surface area contributed by atoms with Crippen LogP contribution in [0.3, 0.4) is 0 Å². The standard InChI is InChI=1S/C17H17Cl2NO2/c1-3-11(2)22-13-9-7-12(8-10-13)17(21)20-16-14(18)5-4-6-15(16)19/h4-11H,3H2,1-2H3,(H,20,21). The van der Waals surface area contributed by atoms with Gasteiger partial charge in [-0.2, -0.15) is 0 Å². The zero-order chi connectivity index (χ0) is 16.1. The third-order valence-corrected chi connectivity index (χ3v) is 3.86. The summed E-state index contributed by atoms with van der Waals surface area (Å²) < 4.78 is 5.68. The second-order valence-corrected chi connectivity index (χ2v) is 5.73. The van der Waals surface area contributed by atoms with E-state index in [9.17, 15) is 4.79 Å². The summed E-state index contributed by atoms with van der Waals surface area (Å²) in [7, 11) is 0. The summed E-state index contributed by atoms with van der Waals surface area (Å²) in [5.74, 6) is 0.465. The molecule has 3 nitrogen and oxygen atoms in total. The van der Waals surface area contributed by atoms with E-state index in [0.717, 1.165) is 12.2 Å². The van der Waals surface area contributed by atoms with Gasteiger partial charge in [0.1, 0.15) is 5.75 Å². The van der Waals surface area contributed by atoms with Gasteiger partial charge >= 0.3 is 0 Å². The summed E-state index contributed by atoms with van der Waals surface area (Å²) >= 11 is 12.1. The van der Waals surface area contributed by atoms with Crippen molar-refractivity contribution in [1.82, 2.24) is 0 Å². The minimum atomic E-state index is -0.273. The molecule has 116 valence electrons. The average molecular weight is 338 g/mol. The Labute approximate surface area is 140 Å². The summed E-state index contributed by atoms with van der Waals surface area (Å²) in [6.07, 6.45) is 1.06. The van der Waals surface area contributed by atoms with Gasteiger partial charge in [0.25, 0.3) is 5.91 Å². The lowest BCUT2D eigenvalue weighted by Crippen LogP contribution is -2.13. The van der Waals surface area contributed by atoms with E-state index in [1.54, 1.807) is 42.5 Å². The predicted molar refractivity (Wildman–Crippen MR) is 91.2 cm³/mol. The Balaban J connectivity index is 2.10. The number of halogens is 2. The number of hydrogen-bond donors (Lipinski definition) is 1. The lowest BCUT2D eigenvalue weighted by atomic mass is 10.2. The van der Waals surface area contributed by atoms with E-state index >= 15 is 0 Å². The van der Waals surface area contributed by atoms with Crippen molar-refractivity contribution >= 4 is 34.8 Å². The van der Waals surface area contributed by atoms with Crippen molar-refractivity contribution in [1.29, 1.82) is 0 Å². The fourth-order valence-corrected chi connectivity index (χ4v) is 2.30. The molecule has 22 heavy (non-hydrogen) atoms. The molecule has 2 rings (SSSR count). The number of benzene rings is 2. The fourth-order valence-electron chi connectivity index (χ4n) is 1.80. The second kappa shape index (κ2) is 7.52. The Morgan fingerprint density at radius 1 is 1.14 bits per heavy atom. The van der Waals surface area contributed by atoms with Crippen LogP contribution in [0, 0.1) is 0 Å². The number of anilines is 1. The Morgan fingerprint density at radius 2 is 1.73 bits per heavy atom. The molecule has 1 N–H and O–H groups in total. The molecule has 1 amide bonds. The molecule has 0 spiro atoms. The minimum absolute atomic E-state index is 0.140. The van der Waals surface area contributed by atoms with Gasteiger partial charge in [-0.25, -0.2) is 0 Å². The molecule has 0 aromatic heterocycles. The van der Waals surface area contributed by atoms with Crippen molar-refractivity contribution in [3.63, 3.8) is 0 Å². The first kappa shape index (κ1) is 16.7. The van der Waals surface area contributed by atoms with E-state index in [0.29, 0.717) is 21.3 Å². The highest BCUT2D eigenvalue weighted by molar-refractivity contribution is 6.40. The second-order valence-electron chi connectivity index (χ2n) is 4.91. The highest BCUT2D eigenvalue weighted by atomic mass is 35.5. The van der Waals surface area contributed by atoms with Gasteiger partial charge in [-0.15, -0.1) is 0 Å². The molecule has 0 radical (unpaired) electrons. The van der Waals surface area contributed by atoms with E-state index in [2.05, 4.69) is 12.2 Å². The Hall–Kier alpha value is -1.71. The van der Waals surface area contributed by atoms with Gasteiger partial charge in [-0.1, -0.05) is 36.2 Å². The summed E-state index contributed by atoms with van der Waals surface area (Å²) in [5, 5.41) is 3.52. The van der Waals surface area contributed by atoms with Crippen molar-refractivity contribution in [2.24, 2.45) is 0 Å². The summed E-state index contributed by atoms with van der Waals surface area (Å²) in [4.78, 5) is 12.2. The van der Waals surface area contributed by atoms with Crippen LogP contribution in [0.25, 0.3) is 0 Å². The molecular formula is C17H17Cl2NO2. The van der Waals surface area contributed by atoms with Crippen molar-refractivity contribution in [3.05, 3.63) is 58.1 Å². The molecule has 0 aliphatic rings. The number of carbonyl (C=O) groups excluding carboxylic acids is 1. The third-order valence-electron chi connectivity index (χ3n) is 3.23. The molecule has 1 unspecified atom stereocenters. The van der Waals surface area contributed by atoms with Gasteiger partial charge in [0.2, 0.25) is 0 Å². The van der Waals surface area contributed by atoms with Crippen LogP contribution in [0.5, 0.6) is 5.75 Å². The predicted octanol–water partition coefficient (Wildman–Crippen LogP) is 5.42. The Kier molecular flexibility index (Phi) is 5.69. The largest absolute Gasteiger partial charge is 0.491 e. The lowest BCUT2D eigenvalue weighted by Gasteiger charge is -2.13. The van der Waals surface area contributed by atoms with Gasteiger partial charge < -0.3 is 10.1 Å². The van der Waals surface area contributed by atoms with Gasteiger partial charge in [0.15, 0.2) is 0 Å². The number of amides is 1. The van der Waals surface area contributed by atoms with Crippen molar-refractivity contribution in [2.75, 3.05) is 5.32 Å². The number of hydrogen-bond acceptors (Lipinski definition) is 2. The van der Waals surface area contributed by atoms with Crippen molar-refractivity contribution in [3.8, 4) is 5.75 Å². The lowest BCUT2D eigenvalue weighted by molar-refractivity contribution is 0.102. The molecule has 0 heterocycles. The normalized spacial score (nSPS) is 11.8. The number of carbonyl (C=O) groups is 1. The molecule has 0 aliphatic heterocycles. The summed E-state index contributed by atoms with van der Waals surface area (Å²) in [5.41, 5.74) is 0.920. The highest BCUT2D eigenvalue weighted by Crippen LogP contribution is 2.30. The minimum Gasteiger partial charge on any atom is -0.491 e. The summed E-state index contributed by atoms with van der Waals surface area (Å²) in [6.45, 7) is 4.06. The third kappa shape index (κ3) is 4.15. The first-order valence-corrected chi connectivity index (χ1v) is 7.79. The maximum absolute atomic E-state index is 12.2. The van der Waals surface area contributed by atoms with Gasteiger partial charge in [-0.05, 0) is 49.7 Å². The van der Waals surface area contributed by atoms with Crippen LogP contribution in [0.1, 0.15) is 30.6 Å². The molecule has 2 aromatic carbocycles. The Bertz CT molecular complexity index is 636. The van der Waals surface area contributed by atoms with Gasteiger partial charge in [-0.3, -0.25) is 4.79 Å². The van der Waals surface area contributed by atoms with Crippen molar-refractivity contribution < 1.29 is 9.53 Å².